The quantitative estimate of drug-likeness (QED) is 0.210. The van der Waals surface area contributed by atoms with Crippen LogP contribution in [0.2, 0.25) is 0 Å². The summed E-state index contributed by atoms with van der Waals surface area (Å²) >= 11 is 0. The van der Waals surface area contributed by atoms with Crippen LogP contribution in [0.4, 0.5) is 0 Å². The van der Waals surface area contributed by atoms with E-state index in [1.165, 1.54) is 0 Å². The molecule has 0 spiro atoms. The molecule has 0 aliphatic rings. The molecule has 35 heavy (non-hydrogen) atoms. The molecular formula is C24H30O11. The number of esters is 2. The number of carbonyl (C=O) groups is 2. The molecule has 1 unspecified atom stereocenters. The summed E-state index contributed by atoms with van der Waals surface area (Å²) in [5, 5.41) is 57.0. The van der Waals surface area contributed by atoms with Crippen molar-refractivity contribution in [2.24, 2.45) is 0 Å². The number of aromatic hydroxyl groups is 6. The molecule has 0 radical (unpaired) electrons. The molecule has 0 amide bonds. The van der Waals surface area contributed by atoms with Crippen molar-refractivity contribution in [1.82, 2.24) is 0 Å². The van der Waals surface area contributed by atoms with E-state index in [2.05, 4.69) is 0 Å². The minimum Gasteiger partial charge on any atom is -0.504 e. The molecule has 6 N–H and O–H groups in total. The summed E-state index contributed by atoms with van der Waals surface area (Å²) in [4.78, 5) is 24.6. The van der Waals surface area contributed by atoms with Crippen molar-refractivity contribution in [2.45, 2.75) is 51.7 Å². The molecule has 11 heteroatoms. The lowest BCUT2D eigenvalue weighted by Gasteiger charge is -2.33. The molecule has 11 nitrogen and oxygen atoms in total. The molecular weight excluding hydrogens is 464 g/mol. The Bertz CT molecular complexity index is 1050. The van der Waals surface area contributed by atoms with Crippen molar-refractivity contribution < 1.29 is 54.4 Å². The number of ether oxygens (including phenoxy) is 3. The highest BCUT2D eigenvalue weighted by Crippen LogP contribution is 2.37. The summed E-state index contributed by atoms with van der Waals surface area (Å²) in [6.45, 7) is 6.76. The Morgan fingerprint density at radius 1 is 0.771 bits per heavy atom. The molecule has 0 bridgehead atoms. The lowest BCUT2D eigenvalue weighted by Crippen LogP contribution is -2.40. The van der Waals surface area contributed by atoms with E-state index in [1.54, 1.807) is 20.8 Å². The number of benzene rings is 2. The van der Waals surface area contributed by atoms with Gasteiger partial charge in [-0.25, -0.2) is 9.59 Å². The van der Waals surface area contributed by atoms with Crippen LogP contribution in [0.25, 0.3) is 0 Å². The second-order valence-corrected chi connectivity index (χ2v) is 8.85. The minimum atomic E-state index is -1.12. The third-order valence-electron chi connectivity index (χ3n) is 5.36. The Hall–Kier alpha value is -3.86. The van der Waals surface area contributed by atoms with Gasteiger partial charge in [-0.2, -0.15) is 0 Å². The smallest absolute Gasteiger partial charge is 0.339 e. The van der Waals surface area contributed by atoms with Crippen LogP contribution in [-0.2, 0) is 14.2 Å². The largest absolute Gasteiger partial charge is 0.504 e. The maximum Gasteiger partial charge on any atom is 0.339 e. The summed E-state index contributed by atoms with van der Waals surface area (Å²) in [6.07, 6.45) is 0.796. The highest BCUT2D eigenvalue weighted by Gasteiger charge is 2.31. The zero-order valence-corrected chi connectivity index (χ0v) is 19.9. The fourth-order valence-corrected chi connectivity index (χ4v) is 2.93. The van der Waals surface area contributed by atoms with E-state index in [4.69, 9.17) is 14.2 Å². The maximum atomic E-state index is 12.4. The first-order chi connectivity index (χ1) is 16.2. The number of phenolic OH excluding ortho intramolecular Hbond substituents is 6. The normalized spacial score (nSPS) is 13.1. The molecule has 0 heterocycles. The van der Waals surface area contributed by atoms with E-state index in [0.29, 0.717) is 6.42 Å². The Morgan fingerprint density at radius 2 is 1.20 bits per heavy atom. The van der Waals surface area contributed by atoms with E-state index in [-0.39, 0.29) is 30.8 Å². The molecule has 0 aromatic heterocycles. The fraction of sp³-hybridized carbons (Fsp3) is 0.417. The highest BCUT2D eigenvalue weighted by atomic mass is 16.6. The van der Waals surface area contributed by atoms with Gasteiger partial charge in [-0.3, -0.25) is 0 Å². The van der Waals surface area contributed by atoms with Gasteiger partial charge in [-0.05, 0) is 51.5 Å². The van der Waals surface area contributed by atoms with Crippen molar-refractivity contribution in [3.63, 3.8) is 0 Å². The summed E-state index contributed by atoms with van der Waals surface area (Å²) < 4.78 is 16.6. The molecule has 2 aromatic rings. The van der Waals surface area contributed by atoms with Gasteiger partial charge in [-0.1, -0.05) is 6.92 Å². The third kappa shape index (κ3) is 7.06. The van der Waals surface area contributed by atoms with Gasteiger partial charge in [0.15, 0.2) is 34.5 Å². The van der Waals surface area contributed by atoms with Crippen molar-refractivity contribution in [2.75, 3.05) is 13.2 Å². The van der Waals surface area contributed by atoms with E-state index in [9.17, 15) is 40.2 Å². The monoisotopic (exact) mass is 494 g/mol. The van der Waals surface area contributed by atoms with Crippen LogP contribution in [0, 0.1) is 0 Å². The lowest BCUT2D eigenvalue weighted by atomic mass is 9.98. The first-order valence-electron chi connectivity index (χ1n) is 10.7. The molecule has 1 atom stereocenters. The van der Waals surface area contributed by atoms with Gasteiger partial charge in [0.25, 0.3) is 0 Å². The number of carbonyl (C=O) groups excluding carboxylic acids is 2. The third-order valence-corrected chi connectivity index (χ3v) is 5.36. The number of hydrogen-bond acceptors (Lipinski definition) is 11. The second kappa shape index (κ2) is 10.6. The average Bonchev–Trinajstić information content (AvgIpc) is 2.78. The summed E-state index contributed by atoms with van der Waals surface area (Å²) in [7, 11) is 0. The Kier molecular flexibility index (Phi) is 8.29. The van der Waals surface area contributed by atoms with Crippen LogP contribution in [-0.4, -0.2) is 67.0 Å². The zero-order valence-electron chi connectivity index (χ0n) is 19.9. The predicted molar refractivity (Wildman–Crippen MR) is 122 cm³/mol. The SMILES string of the molecule is CCC(C)(CCOC(=O)c1cc(O)c(O)c(O)c1)OCC(C)(C)OC(=O)c1cc(O)c(O)c(O)c1. The highest BCUT2D eigenvalue weighted by molar-refractivity contribution is 5.91. The van der Waals surface area contributed by atoms with E-state index < -0.39 is 57.6 Å². The van der Waals surface area contributed by atoms with Crippen molar-refractivity contribution in [3.05, 3.63) is 35.4 Å². The van der Waals surface area contributed by atoms with Crippen LogP contribution in [0.1, 0.15) is 61.3 Å². The van der Waals surface area contributed by atoms with Crippen molar-refractivity contribution in [3.8, 4) is 34.5 Å². The standard InChI is InChI=1S/C24H30O11/c1-5-24(4,6-7-33-21(31)13-8-15(25)19(29)16(26)9-13)34-12-23(2,3)35-22(32)14-10-17(27)20(30)18(28)11-14/h8-11,25-30H,5-7,12H2,1-4H3. The molecule has 2 rings (SSSR count). The minimum absolute atomic E-state index is 0.0349. The van der Waals surface area contributed by atoms with Gasteiger partial charge in [0.1, 0.15) is 5.60 Å². The van der Waals surface area contributed by atoms with Crippen LogP contribution in [0.3, 0.4) is 0 Å². The number of hydrogen-bond donors (Lipinski definition) is 6. The van der Waals surface area contributed by atoms with E-state index in [0.717, 1.165) is 24.3 Å². The average molecular weight is 494 g/mol. The van der Waals surface area contributed by atoms with Gasteiger partial charge < -0.3 is 44.8 Å². The number of phenols is 6. The number of rotatable bonds is 10. The van der Waals surface area contributed by atoms with Crippen LogP contribution < -0.4 is 0 Å². The zero-order chi connectivity index (χ0) is 26.6. The Morgan fingerprint density at radius 3 is 1.63 bits per heavy atom. The Balaban J connectivity index is 1.94. The molecule has 0 fully saturated rings. The second-order valence-electron chi connectivity index (χ2n) is 8.85. The molecule has 0 saturated heterocycles. The van der Waals surface area contributed by atoms with Crippen LogP contribution >= 0.6 is 0 Å². The van der Waals surface area contributed by atoms with Gasteiger partial charge >= 0.3 is 11.9 Å². The van der Waals surface area contributed by atoms with Crippen molar-refractivity contribution in [1.29, 1.82) is 0 Å². The molecule has 0 aliphatic heterocycles. The lowest BCUT2D eigenvalue weighted by molar-refractivity contribution is -0.114. The summed E-state index contributed by atoms with van der Waals surface area (Å²) in [5.74, 6) is -5.81. The van der Waals surface area contributed by atoms with E-state index >= 15 is 0 Å². The predicted octanol–water partition coefficient (Wildman–Crippen LogP) is 3.29. The maximum absolute atomic E-state index is 12.4. The van der Waals surface area contributed by atoms with Gasteiger partial charge in [-0.15, -0.1) is 0 Å². The summed E-state index contributed by atoms with van der Waals surface area (Å²) in [6, 6.07) is 3.87. The van der Waals surface area contributed by atoms with Gasteiger partial charge in [0, 0.05) is 6.42 Å². The van der Waals surface area contributed by atoms with Crippen LogP contribution in [0.5, 0.6) is 34.5 Å². The Labute approximate surface area is 201 Å². The van der Waals surface area contributed by atoms with Gasteiger partial charge in [0.2, 0.25) is 0 Å². The molecule has 0 saturated carbocycles. The fourth-order valence-electron chi connectivity index (χ4n) is 2.93. The van der Waals surface area contributed by atoms with Crippen molar-refractivity contribution >= 4 is 11.9 Å². The molecule has 2 aromatic carbocycles. The summed E-state index contributed by atoms with van der Waals surface area (Å²) in [5.41, 5.74) is -2.19. The topological polar surface area (TPSA) is 183 Å². The van der Waals surface area contributed by atoms with Crippen LogP contribution in [0.15, 0.2) is 24.3 Å². The first kappa shape index (κ1) is 27.4. The molecule has 0 aliphatic carbocycles. The first-order valence-corrected chi connectivity index (χ1v) is 10.7. The molecule has 192 valence electrons. The van der Waals surface area contributed by atoms with E-state index in [1.807, 2.05) is 6.92 Å². The van der Waals surface area contributed by atoms with Gasteiger partial charge in [0.05, 0.1) is 29.9 Å².